The van der Waals surface area contributed by atoms with Gasteiger partial charge < -0.3 is 11.1 Å². The summed E-state index contributed by atoms with van der Waals surface area (Å²) in [5.41, 5.74) is 5.43. The molecule has 0 heterocycles. The molecular weight excluding hydrogens is 188 g/mol. The van der Waals surface area contributed by atoms with Gasteiger partial charge in [0.25, 0.3) is 0 Å². The quantitative estimate of drug-likeness (QED) is 0.740. The average Bonchev–Trinajstić information content (AvgIpc) is 2.92. The molecule has 2 aliphatic rings. The Morgan fingerprint density at radius 3 is 2.47 bits per heavy atom. The molecule has 0 aromatic rings. The first-order valence-electron chi connectivity index (χ1n) is 6.10. The largest absolute Gasteiger partial charge is 0.352 e. The van der Waals surface area contributed by atoms with Crippen LogP contribution in [0.1, 0.15) is 46.0 Å². The lowest BCUT2D eigenvalue weighted by atomic mass is 9.95. The molecule has 15 heavy (non-hydrogen) atoms. The Morgan fingerprint density at radius 2 is 2.00 bits per heavy atom. The summed E-state index contributed by atoms with van der Waals surface area (Å²) in [6.45, 7) is 4.12. The fourth-order valence-electron chi connectivity index (χ4n) is 2.55. The van der Waals surface area contributed by atoms with E-state index in [4.69, 9.17) is 5.73 Å². The van der Waals surface area contributed by atoms with Crippen LogP contribution in [-0.4, -0.2) is 17.5 Å². The third kappa shape index (κ3) is 2.33. The smallest absolute Gasteiger partial charge is 0.240 e. The van der Waals surface area contributed by atoms with Crippen LogP contribution < -0.4 is 11.1 Å². The van der Waals surface area contributed by atoms with Crippen molar-refractivity contribution in [3.8, 4) is 0 Å². The van der Waals surface area contributed by atoms with E-state index in [-0.39, 0.29) is 5.91 Å². The Morgan fingerprint density at radius 1 is 1.33 bits per heavy atom. The number of nitrogens with two attached hydrogens (primary N) is 1. The van der Waals surface area contributed by atoms with Crippen molar-refractivity contribution in [3.05, 3.63) is 0 Å². The molecular formula is C12H22N2O. The van der Waals surface area contributed by atoms with Gasteiger partial charge in [0.15, 0.2) is 0 Å². The van der Waals surface area contributed by atoms with E-state index in [1.807, 2.05) is 6.92 Å². The van der Waals surface area contributed by atoms with Gasteiger partial charge in [0.1, 0.15) is 0 Å². The molecule has 3 heteroatoms. The molecule has 0 spiro atoms. The number of hydrogen-bond donors (Lipinski definition) is 2. The number of carbonyl (C=O) groups excluding carboxylic acids is 1. The molecule has 2 aliphatic carbocycles. The maximum Gasteiger partial charge on any atom is 0.240 e. The summed E-state index contributed by atoms with van der Waals surface area (Å²) >= 11 is 0. The van der Waals surface area contributed by atoms with Gasteiger partial charge in [-0.25, -0.2) is 0 Å². The van der Waals surface area contributed by atoms with Crippen molar-refractivity contribution in [1.82, 2.24) is 5.32 Å². The maximum atomic E-state index is 12.0. The zero-order valence-corrected chi connectivity index (χ0v) is 9.75. The lowest BCUT2D eigenvalue weighted by molar-refractivity contribution is -0.127. The van der Waals surface area contributed by atoms with E-state index in [0.29, 0.717) is 12.0 Å². The zero-order chi connectivity index (χ0) is 11.1. The normalized spacial score (nSPS) is 34.9. The third-order valence-electron chi connectivity index (χ3n) is 3.94. The first kappa shape index (κ1) is 10.9. The topological polar surface area (TPSA) is 55.1 Å². The van der Waals surface area contributed by atoms with E-state index in [9.17, 15) is 4.79 Å². The van der Waals surface area contributed by atoms with Gasteiger partial charge in [0.2, 0.25) is 5.91 Å². The van der Waals surface area contributed by atoms with Crippen LogP contribution in [0.5, 0.6) is 0 Å². The first-order valence-corrected chi connectivity index (χ1v) is 6.10. The standard InChI is InChI=1S/C12H22N2O/c1-8-3-6-10(7-8)14-11(15)12(2,13)9-4-5-9/h8-10H,3-7,13H2,1-2H3,(H,14,15). The van der Waals surface area contributed by atoms with Crippen molar-refractivity contribution < 1.29 is 4.79 Å². The van der Waals surface area contributed by atoms with Crippen molar-refractivity contribution >= 4 is 5.91 Å². The molecule has 1 amide bonds. The minimum absolute atomic E-state index is 0.0594. The van der Waals surface area contributed by atoms with Crippen LogP contribution in [0, 0.1) is 11.8 Å². The highest BCUT2D eigenvalue weighted by Gasteiger charge is 2.44. The molecule has 0 saturated heterocycles. The molecule has 0 aromatic carbocycles. The van der Waals surface area contributed by atoms with Crippen LogP contribution in [0.25, 0.3) is 0 Å². The second-order valence-corrected chi connectivity index (χ2v) is 5.65. The molecule has 0 aromatic heterocycles. The fraction of sp³-hybridized carbons (Fsp3) is 0.917. The number of rotatable bonds is 3. The van der Waals surface area contributed by atoms with Gasteiger partial charge in [-0.3, -0.25) is 4.79 Å². The molecule has 0 aliphatic heterocycles. The molecule has 3 nitrogen and oxygen atoms in total. The van der Waals surface area contributed by atoms with E-state index in [1.165, 1.54) is 6.42 Å². The summed E-state index contributed by atoms with van der Waals surface area (Å²) in [5.74, 6) is 1.22. The van der Waals surface area contributed by atoms with E-state index in [2.05, 4.69) is 12.2 Å². The Hall–Kier alpha value is -0.570. The summed E-state index contributed by atoms with van der Waals surface area (Å²) < 4.78 is 0. The summed E-state index contributed by atoms with van der Waals surface area (Å²) in [5, 5.41) is 3.11. The number of hydrogen-bond acceptors (Lipinski definition) is 2. The molecule has 0 radical (unpaired) electrons. The van der Waals surface area contributed by atoms with Crippen LogP contribution in [-0.2, 0) is 4.79 Å². The van der Waals surface area contributed by atoms with E-state index >= 15 is 0 Å². The zero-order valence-electron chi connectivity index (χ0n) is 9.75. The molecule has 2 rings (SSSR count). The van der Waals surface area contributed by atoms with Gasteiger partial charge in [-0.05, 0) is 50.9 Å². The average molecular weight is 210 g/mol. The third-order valence-corrected chi connectivity index (χ3v) is 3.94. The van der Waals surface area contributed by atoms with Crippen LogP contribution in [0.15, 0.2) is 0 Å². The van der Waals surface area contributed by atoms with Crippen LogP contribution >= 0.6 is 0 Å². The van der Waals surface area contributed by atoms with Gasteiger partial charge >= 0.3 is 0 Å². The van der Waals surface area contributed by atoms with Crippen LogP contribution in [0.3, 0.4) is 0 Å². The Bertz CT molecular complexity index is 258. The molecule has 2 fully saturated rings. The maximum absolute atomic E-state index is 12.0. The van der Waals surface area contributed by atoms with Gasteiger partial charge in [-0.2, -0.15) is 0 Å². The second kappa shape index (κ2) is 3.78. The highest BCUT2D eigenvalue weighted by molar-refractivity contribution is 5.86. The molecule has 3 N–H and O–H groups in total. The van der Waals surface area contributed by atoms with Crippen molar-refractivity contribution in [2.45, 2.75) is 57.5 Å². The van der Waals surface area contributed by atoms with E-state index in [1.54, 1.807) is 0 Å². The van der Waals surface area contributed by atoms with E-state index in [0.717, 1.165) is 31.6 Å². The second-order valence-electron chi connectivity index (χ2n) is 5.65. The van der Waals surface area contributed by atoms with Gasteiger partial charge in [0, 0.05) is 6.04 Å². The molecule has 3 unspecified atom stereocenters. The molecule has 3 atom stereocenters. The highest BCUT2D eigenvalue weighted by atomic mass is 16.2. The number of carbonyl (C=O) groups is 1. The van der Waals surface area contributed by atoms with Gasteiger partial charge in [-0.1, -0.05) is 6.92 Å². The Balaban J connectivity index is 1.86. The lowest BCUT2D eigenvalue weighted by Gasteiger charge is -2.25. The van der Waals surface area contributed by atoms with Crippen molar-refractivity contribution in [1.29, 1.82) is 0 Å². The number of nitrogens with one attached hydrogen (secondary N) is 1. The predicted octanol–water partition coefficient (Wildman–Crippen LogP) is 1.42. The monoisotopic (exact) mass is 210 g/mol. The van der Waals surface area contributed by atoms with Crippen LogP contribution in [0.2, 0.25) is 0 Å². The van der Waals surface area contributed by atoms with Gasteiger partial charge in [0.05, 0.1) is 5.54 Å². The molecule has 86 valence electrons. The lowest BCUT2D eigenvalue weighted by Crippen LogP contribution is -2.55. The SMILES string of the molecule is CC1CCC(NC(=O)C(C)(N)C2CC2)C1. The highest BCUT2D eigenvalue weighted by Crippen LogP contribution is 2.38. The van der Waals surface area contributed by atoms with Crippen LogP contribution in [0.4, 0.5) is 0 Å². The van der Waals surface area contributed by atoms with Crippen molar-refractivity contribution in [2.75, 3.05) is 0 Å². The summed E-state index contributed by atoms with van der Waals surface area (Å²) in [4.78, 5) is 12.0. The minimum Gasteiger partial charge on any atom is -0.352 e. The first-order chi connectivity index (χ1) is 7.00. The number of amides is 1. The summed E-state index contributed by atoms with van der Waals surface area (Å²) in [6.07, 6.45) is 5.69. The summed E-state index contributed by atoms with van der Waals surface area (Å²) in [6, 6.07) is 0.370. The fourth-order valence-corrected chi connectivity index (χ4v) is 2.55. The van der Waals surface area contributed by atoms with Crippen molar-refractivity contribution in [3.63, 3.8) is 0 Å². The summed E-state index contributed by atoms with van der Waals surface area (Å²) in [7, 11) is 0. The predicted molar refractivity (Wildman–Crippen MR) is 60.3 cm³/mol. The van der Waals surface area contributed by atoms with E-state index < -0.39 is 5.54 Å². The van der Waals surface area contributed by atoms with Gasteiger partial charge in [-0.15, -0.1) is 0 Å². The van der Waals surface area contributed by atoms with Crippen molar-refractivity contribution in [2.24, 2.45) is 17.6 Å². The minimum atomic E-state index is -0.633. The Labute approximate surface area is 91.8 Å². The Kier molecular flexibility index (Phi) is 2.75. The molecule has 0 bridgehead atoms. The molecule has 2 saturated carbocycles.